The molecule has 22 heavy (non-hydrogen) atoms. The third-order valence-corrected chi connectivity index (χ3v) is 3.61. The van der Waals surface area contributed by atoms with Crippen molar-refractivity contribution >= 4 is 22.4 Å². The van der Waals surface area contributed by atoms with E-state index < -0.39 is 0 Å². The average Bonchev–Trinajstić information content (AvgIpc) is 2.94. The molecule has 8 heteroatoms. The number of hydrogen-bond acceptors (Lipinski definition) is 7. The van der Waals surface area contributed by atoms with Crippen molar-refractivity contribution in [1.82, 2.24) is 10.2 Å². The first-order valence-corrected chi connectivity index (χ1v) is 7.30. The van der Waals surface area contributed by atoms with Crippen molar-refractivity contribution in [1.29, 1.82) is 0 Å². The van der Waals surface area contributed by atoms with Gasteiger partial charge in [0.25, 0.3) is 0 Å². The van der Waals surface area contributed by atoms with E-state index in [9.17, 15) is 4.79 Å². The molecule has 1 heterocycles. The minimum absolute atomic E-state index is 0.174. The van der Waals surface area contributed by atoms with Crippen LogP contribution in [-0.4, -0.2) is 37.4 Å². The number of hydrogen-bond donors (Lipinski definition) is 1. The molecule has 1 aromatic heterocycles. The topological polar surface area (TPSA) is 82.6 Å². The molecular weight excluding hydrogens is 306 g/mol. The Morgan fingerprint density at radius 3 is 2.64 bits per heavy atom. The number of rotatable bonds is 7. The zero-order valence-corrected chi connectivity index (χ0v) is 13.4. The summed E-state index contributed by atoms with van der Waals surface area (Å²) in [6.45, 7) is 0.378. The van der Waals surface area contributed by atoms with E-state index in [0.717, 1.165) is 5.56 Å². The molecule has 0 aliphatic carbocycles. The molecule has 7 nitrogen and oxygen atoms in total. The van der Waals surface area contributed by atoms with Crippen LogP contribution >= 0.6 is 11.3 Å². The summed E-state index contributed by atoms with van der Waals surface area (Å²) in [6, 6.07) is 5.36. The van der Waals surface area contributed by atoms with Gasteiger partial charge in [-0.15, -0.1) is 10.2 Å². The molecule has 1 aromatic carbocycles. The lowest BCUT2D eigenvalue weighted by atomic mass is 10.1. The normalized spacial score (nSPS) is 10.3. The third-order valence-electron chi connectivity index (χ3n) is 2.79. The van der Waals surface area contributed by atoms with E-state index in [1.54, 1.807) is 33.5 Å². The van der Waals surface area contributed by atoms with Crippen molar-refractivity contribution in [3.63, 3.8) is 0 Å². The van der Waals surface area contributed by atoms with Crippen LogP contribution in [0.3, 0.4) is 0 Å². The second kappa shape index (κ2) is 7.71. The maximum atomic E-state index is 12.0. The Morgan fingerprint density at radius 2 is 1.95 bits per heavy atom. The standard InChI is InChI=1S/C14H17N3O4S/c1-19-8-13-16-17-14(22-13)15-12(18)7-9-4-5-10(20-2)11(6-9)21-3/h4-6H,7-8H2,1-3H3,(H,15,17,18). The van der Waals surface area contributed by atoms with Gasteiger partial charge in [-0.2, -0.15) is 0 Å². The second-order valence-electron chi connectivity index (χ2n) is 4.35. The lowest BCUT2D eigenvalue weighted by molar-refractivity contribution is -0.115. The fourth-order valence-corrected chi connectivity index (χ4v) is 2.55. The summed E-state index contributed by atoms with van der Waals surface area (Å²) >= 11 is 1.29. The molecule has 118 valence electrons. The van der Waals surface area contributed by atoms with E-state index in [2.05, 4.69) is 15.5 Å². The minimum Gasteiger partial charge on any atom is -0.493 e. The van der Waals surface area contributed by atoms with E-state index in [1.807, 2.05) is 6.07 Å². The molecule has 0 saturated heterocycles. The average molecular weight is 323 g/mol. The Balaban J connectivity index is 1.99. The fourth-order valence-electron chi connectivity index (χ4n) is 1.83. The van der Waals surface area contributed by atoms with Crippen LogP contribution < -0.4 is 14.8 Å². The number of amides is 1. The number of carbonyl (C=O) groups is 1. The van der Waals surface area contributed by atoms with Crippen molar-refractivity contribution in [2.75, 3.05) is 26.6 Å². The van der Waals surface area contributed by atoms with Crippen LogP contribution in [0.1, 0.15) is 10.6 Å². The van der Waals surface area contributed by atoms with E-state index in [4.69, 9.17) is 14.2 Å². The predicted octanol–water partition coefficient (Wildman–Crippen LogP) is 1.88. The fraction of sp³-hybridized carbons (Fsp3) is 0.357. The smallest absolute Gasteiger partial charge is 0.230 e. The van der Waals surface area contributed by atoms with Crippen molar-refractivity contribution in [2.24, 2.45) is 0 Å². The molecule has 1 amide bonds. The van der Waals surface area contributed by atoms with Crippen LogP contribution in [-0.2, 0) is 22.6 Å². The molecule has 2 rings (SSSR count). The van der Waals surface area contributed by atoms with Crippen LogP contribution in [0, 0.1) is 0 Å². The van der Waals surface area contributed by atoms with E-state index in [0.29, 0.717) is 28.2 Å². The van der Waals surface area contributed by atoms with Gasteiger partial charge in [0.05, 0.1) is 20.6 Å². The van der Waals surface area contributed by atoms with Gasteiger partial charge in [0, 0.05) is 7.11 Å². The quantitative estimate of drug-likeness (QED) is 0.838. The number of methoxy groups -OCH3 is 3. The zero-order valence-electron chi connectivity index (χ0n) is 12.6. The highest BCUT2D eigenvalue weighted by Gasteiger charge is 2.11. The molecule has 0 bridgehead atoms. The maximum Gasteiger partial charge on any atom is 0.230 e. The summed E-state index contributed by atoms with van der Waals surface area (Å²) in [6.07, 6.45) is 0.208. The SMILES string of the molecule is COCc1nnc(NC(=O)Cc2ccc(OC)c(OC)c2)s1. The van der Waals surface area contributed by atoms with Crippen LogP contribution in [0.15, 0.2) is 18.2 Å². The molecule has 2 aromatic rings. The van der Waals surface area contributed by atoms with Crippen LogP contribution in [0.4, 0.5) is 5.13 Å². The lowest BCUT2D eigenvalue weighted by Gasteiger charge is -2.09. The van der Waals surface area contributed by atoms with E-state index in [-0.39, 0.29) is 12.3 Å². The van der Waals surface area contributed by atoms with Crippen molar-refractivity contribution < 1.29 is 19.0 Å². The Labute approximate surface area is 132 Å². The highest BCUT2D eigenvalue weighted by molar-refractivity contribution is 7.15. The number of nitrogens with zero attached hydrogens (tertiary/aromatic N) is 2. The van der Waals surface area contributed by atoms with E-state index in [1.165, 1.54) is 11.3 Å². The monoisotopic (exact) mass is 323 g/mol. The van der Waals surface area contributed by atoms with Crippen molar-refractivity contribution in [3.05, 3.63) is 28.8 Å². The summed E-state index contributed by atoms with van der Waals surface area (Å²) in [7, 11) is 4.70. The molecule has 0 radical (unpaired) electrons. The van der Waals surface area contributed by atoms with Crippen molar-refractivity contribution in [3.8, 4) is 11.5 Å². The van der Waals surface area contributed by atoms with Gasteiger partial charge in [-0.05, 0) is 17.7 Å². The molecule has 0 saturated carbocycles. The Bertz CT molecular complexity index is 645. The summed E-state index contributed by atoms with van der Waals surface area (Å²) < 4.78 is 15.3. The molecule has 0 fully saturated rings. The highest BCUT2D eigenvalue weighted by atomic mass is 32.1. The van der Waals surface area contributed by atoms with Gasteiger partial charge in [-0.1, -0.05) is 17.4 Å². The molecule has 1 N–H and O–H groups in total. The number of ether oxygens (including phenoxy) is 3. The maximum absolute atomic E-state index is 12.0. The van der Waals surface area contributed by atoms with Gasteiger partial charge in [0.1, 0.15) is 11.6 Å². The highest BCUT2D eigenvalue weighted by Crippen LogP contribution is 2.27. The molecular formula is C14H17N3O4S. The zero-order chi connectivity index (χ0) is 15.9. The first-order chi connectivity index (χ1) is 10.7. The van der Waals surface area contributed by atoms with Crippen LogP contribution in [0.5, 0.6) is 11.5 Å². The van der Waals surface area contributed by atoms with Gasteiger partial charge in [0.15, 0.2) is 11.5 Å². The Hall–Kier alpha value is -2.19. The number of nitrogens with one attached hydrogen (secondary N) is 1. The molecule has 0 atom stereocenters. The van der Waals surface area contributed by atoms with Gasteiger partial charge in [-0.3, -0.25) is 4.79 Å². The van der Waals surface area contributed by atoms with Gasteiger partial charge in [-0.25, -0.2) is 0 Å². The predicted molar refractivity (Wildman–Crippen MR) is 82.5 cm³/mol. The van der Waals surface area contributed by atoms with E-state index >= 15 is 0 Å². The minimum atomic E-state index is -0.174. The first-order valence-electron chi connectivity index (χ1n) is 6.48. The summed E-state index contributed by atoms with van der Waals surface area (Å²) in [5.74, 6) is 1.04. The van der Waals surface area contributed by atoms with Crippen LogP contribution in [0.2, 0.25) is 0 Å². The molecule has 0 spiro atoms. The number of carbonyl (C=O) groups excluding carboxylic acids is 1. The summed E-state index contributed by atoms with van der Waals surface area (Å²) in [5, 5.41) is 11.7. The van der Waals surface area contributed by atoms with Gasteiger partial charge >= 0.3 is 0 Å². The third kappa shape index (κ3) is 4.15. The molecule has 0 aliphatic rings. The largest absolute Gasteiger partial charge is 0.493 e. The molecule has 0 unspecified atom stereocenters. The number of benzene rings is 1. The van der Waals surface area contributed by atoms with Gasteiger partial charge in [0.2, 0.25) is 11.0 Å². The van der Waals surface area contributed by atoms with Crippen LogP contribution in [0.25, 0.3) is 0 Å². The Morgan fingerprint density at radius 1 is 1.18 bits per heavy atom. The van der Waals surface area contributed by atoms with Crippen molar-refractivity contribution in [2.45, 2.75) is 13.0 Å². The Kier molecular flexibility index (Phi) is 5.68. The summed E-state index contributed by atoms with van der Waals surface area (Å²) in [5.41, 5.74) is 0.816. The number of aromatic nitrogens is 2. The molecule has 0 aliphatic heterocycles. The second-order valence-corrected chi connectivity index (χ2v) is 5.41. The first kappa shape index (κ1) is 16.2. The van der Waals surface area contributed by atoms with Gasteiger partial charge < -0.3 is 19.5 Å². The summed E-state index contributed by atoms with van der Waals surface area (Å²) in [4.78, 5) is 12.0. The number of anilines is 1. The lowest BCUT2D eigenvalue weighted by Crippen LogP contribution is -2.14.